The van der Waals surface area contributed by atoms with Crippen molar-refractivity contribution in [3.05, 3.63) is 35.4 Å². The Hall–Kier alpha value is -1.04. The molecular weight excluding hydrogens is 236 g/mol. The molecule has 2 unspecified atom stereocenters. The van der Waals surface area contributed by atoms with Crippen LogP contribution in [0.15, 0.2) is 24.3 Å². The Kier molecular flexibility index (Phi) is 4.56. The lowest BCUT2D eigenvalue weighted by Gasteiger charge is -2.25. The number of hydrogen-bond donors (Lipinski definition) is 3. The van der Waals surface area contributed by atoms with Crippen molar-refractivity contribution in [1.82, 2.24) is 0 Å². The number of aliphatic carboxylic acids is 1. The smallest absolute Gasteiger partial charge is 0.321 e. The van der Waals surface area contributed by atoms with Gasteiger partial charge in [-0.1, -0.05) is 29.8 Å². The molecule has 0 radical (unpaired) electrons. The lowest BCUT2D eigenvalue weighted by Crippen LogP contribution is -2.37. The summed E-state index contributed by atoms with van der Waals surface area (Å²) in [5.41, 5.74) is 13.7. The molecule has 0 fully saturated rings. The molecule has 1 aromatic rings. The number of carboxylic acid groups (broad SMARTS) is 1. The topological polar surface area (TPSA) is 89.3 Å². The van der Waals surface area contributed by atoms with Gasteiger partial charge in [0.15, 0.2) is 0 Å². The van der Waals surface area contributed by atoms with Crippen LogP contribution in [0.5, 0.6) is 0 Å². The minimum absolute atomic E-state index is 0.288. The van der Waals surface area contributed by atoms with Crippen molar-refractivity contribution in [2.24, 2.45) is 11.5 Å². The second kappa shape index (κ2) is 5.53. The number of carboxylic acids is 1. The van der Waals surface area contributed by atoms with Crippen molar-refractivity contribution >= 4 is 17.7 Å². The number of thioether (sulfide) groups is 1. The molecule has 4 nitrogen and oxygen atoms in total. The van der Waals surface area contributed by atoms with Gasteiger partial charge in [0.05, 0.1) is 4.87 Å². The number of aryl methyl sites for hydroxylation is 1. The Morgan fingerprint density at radius 3 is 2.47 bits per heavy atom. The molecule has 0 spiro atoms. The van der Waals surface area contributed by atoms with E-state index in [1.54, 1.807) is 0 Å². The summed E-state index contributed by atoms with van der Waals surface area (Å²) >= 11 is 1.35. The first-order valence-electron chi connectivity index (χ1n) is 5.31. The number of carbonyl (C=O) groups is 1. The Morgan fingerprint density at radius 1 is 1.47 bits per heavy atom. The van der Waals surface area contributed by atoms with E-state index in [0.29, 0.717) is 0 Å². The fourth-order valence-corrected chi connectivity index (χ4v) is 2.27. The summed E-state index contributed by atoms with van der Waals surface area (Å²) in [7, 11) is 0. The van der Waals surface area contributed by atoms with Crippen molar-refractivity contribution < 1.29 is 9.90 Å². The van der Waals surface area contributed by atoms with E-state index in [1.807, 2.05) is 38.1 Å². The van der Waals surface area contributed by atoms with Crippen molar-refractivity contribution in [2.45, 2.75) is 24.8 Å². The van der Waals surface area contributed by atoms with Crippen molar-refractivity contribution in [1.29, 1.82) is 0 Å². The van der Waals surface area contributed by atoms with Crippen LogP contribution in [0.25, 0.3) is 0 Å². The van der Waals surface area contributed by atoms with E-state index in [9.17, 15) is 4.79 Å². The lowest BCUT2D eigenvalue weighted by atomic mass is 10.1. The van der Waals surface area contributed by atoms with Crippen LogP contribution in [0.2, 0.25) is 0 Å². The highest BCUT2D eigenvalue weighted by Crippen LogP contribution is 2.30. The Labute approximate surface area is 105 Å². The molecule has 0 bridgehead atoms. The standard InChI is InChI=1S/C12H18N2O2S/c1-8-3-5-9(6-4-8)12(2,14)17-7-10(13)11(15)16/h3-6,10H,7,13-14H2,1-2H3,(H,15,16). The zero-order valence-electron chi connectivity index (χ0n) is 10.0. The van der Waals surface area contributed by atoms with Gasteiger partial charge in [-0.3, -0.25) is 4.79 Å². The highest BCUT2D eigenvalue weighted by atomic mass is 32.2. The van der Waals surface area contributed by atoms with E-state index in [2.05, 4.69) is 0 Å². The van der Waals surface area contributed by atoms with Gasteiger partial charge in [0.2, 0.25) is 0 Å². The average Bonchev–Trinajstić information content (AvgIpc) is 2.26. The Balaban J connectivity index is 2.68. The largest absolute Gasteiger partial charge is 0.480 e. The van der Waals surface area contributed by atoms with Crippen molar-refractivity contribution in [3.8, 4) is 0 Å². The van der Waals surface area contributed by atoms with Gasteiger partial charge in [-0.05, 0) is 19.4 Å². The van der Waals surface area contributed by atoms with Crippen molar-refractivity contribution in [3.63, 3.8) is 0 Å². The molecule has 0 amide bonds. The molecule has 0 saturated heterocycles. The second-order valence-corrected chi connectivity index (χ2v) is 5.70. The van der Waals surface area contributed by atoms with Crippen LogP contribution >= 0.6 is 11.8 Å². The normalized spacial score (nSPS) is 16.2. The quantitative estimate of drug-likeness (QED) is 0.689. The molecule has 1 rings (SSSR count). The minimum Gasteiger partial charge on any atom is -0.480 e. The van der Waals surface area contributed by atoms with E-state index >= 15 is 0 Å². The second-order valence-electron chi connectivity index (χ2n) is 4.23. The number of rotatable bonds is 5. The fourth-order valence-electron chi connectivity index (χ4n) is 1.30. The molecule has 0 aliphatic heterocycles. The van der Waals surface area contributed by atoms with Gasteiger partial charge < -0.3 is 16.6 Å². The maximum atomic E-state index is 10.6. The molecule has 0 saturated carbocycles. The number of benzene rings is 1. The van der Waals surface area contributed by atoms with Crippen LogP contribution in [0.1, 0.15) is 18.1 Å². The summed E-state index contributed by atoms with van der Waals surface area (Å²) in [5, 5.41) is 8.71. The molecule has 5 heteroatoms. The van der Waals surface area contributed by atoms with Crippen molar-refractivity contribution in [2.75, 3.05) is 5.75 Å². The average molecular weight is 254 g/mol. The monoisotopic (exact) mass is 254 g/mol. The van der Waals surface area contributed by atoms with Gasteiger partial charge >= 0.3 is 5.97 Å². The number of hydrogen-bond acceptors (Lipinski definition) is 4. The van der Waals surface area contributed by atoms with Gasteiger partial charge in [0.25, 0.3) is 0 Å². The van der Waals surface area contributed by atoms with Crippen LogP contribution in [0.3, 0.4) is 0 Å². The Morgan fingerprint density at radius 2 is 2.00 bits per heavy atom. The van der Waals surface area contributed by atoms with E-state index in [1.165, 1.54) is 11.8 Å². The molecule has 0 aromatic heterocycles. The summed E-state index contributed by atoms with van der Waals surface area (Å²) in [4.78, 5) is 9.99. The zero-order valence-corrected chi connectivity index (χ0v) is 10.8. The molecule has 2 atom stereocenters. The summed E-state index contributed by atoms with van der Waals surface area (Å²) in [5.74, 6) is -0.715. The van der Waals surface area contributed by atoms with Gasteiger partial charge in [0.1, 0.15) is 6.04 Å². The molecular formula is C12H18N2O2S. The van der Waals surface area contributed by atoms with Crippen LogP contribution in [0.4, 0.5) is 0 Å². The summed E-state index contributed by atoms with van der Waals surface area (Å²) < 4.78 is 0. The fraction of sp³-hybridized carbons (Fsp3) is 0.417. The SMILES string of the molecule is Cc1ccc(C(C)(N)SCC(N)C(=O)O)cc1. The minimum atomic E-state index is -1.00. The maximum Gasteiger partial charge on any atom is 0.321 e. The van der Waals surface area contributed by atoms with Crippen LogP contribution in [-0.4, -0.2) is 22.9 Å². The molecule has 0 aliphatic carbocycles. The van der Waals surface area contributed by atoms with Crippen LogP contribution in [-0.2, 0) is 9.67 Å². The van der Waals surface area contributed by atoms with Gasteiger partial charge in [-0.2, -0.15) is 0 Å². The highest BCUT2D eigenvalue weighted by Gasteiger charge is 2.24. The first kappa shape index (κ1) is 14.0. The molecule has 17 heavy (non-hydrogen) atoms. The van der Waals surface area contributed by atoms with E-state index in [0.717, 1.165) is 11.1 Å². The molecule has 0 aliphatic rings. The molecule has 0 heterocycles. The van der Waals surface area contributed by atoms with E-state index in [4.69, 9.17) is 16.6 Å². The van der Waals surface area contributed by atoms with Crippen LogP contribution < -0.4 is 11.5 Å². The zero-order chi connectivity index (χ0) is 13.1. The Bertz CT molecular complexity index is 390. The predicted molar refractivity (Wildman–Crippen MR) is 70.8 cm³/mol. The third-order valence-electron chi connectivity index (χ3n) is 2.50. The summed E-state index contributed by atoms with van der Waals surface area (Å²) in [6, 6.07) is 6.99. The first-order chi connectivity index (χ1) is 7.83. The van der Waals surface area contributed by atoms with E-state index in [-0.39, 0.29) is 5.75 Å². The van der Waals surface area contributed by atoms with Crippen LogP contribution in [0, 0.1) is 6.92 Å². The third kappa shape index (κ3) is 4.03. The highest BCUT2D eigenvalue weighted by molar-refractivity contribution is 8.00. The first-order valence-corrected chi connectivity index (χ1v) is 6.30. The van der Waals surface area contributed by atoms with Gasteiger partial charge in [-0.25, -0.2) is 0 Å². The maximum absolute atomic E-state index is 10.6. The van der Waals surface area contributed by atoms with Gasteiger partial charge in [-0.15, -0.1) is 11.8 Å². The molecule has 1 aromatic carbocycles. The number of nitrogens with two attached hydrogens (primary N) is 2. The predicted octanol–water partition coefficient (Wildman–Crippen LogP) is 1.27. The van der Waals surface area contributed by atoms with E-state index < -0.39 is 16.9 Å². The molecule has 94 valence electrons. The van der Waals surface area contributed by atoms with Gasteiger partial charge in [0, 0.05) is 5.75 Å². The third-order valence-corrected chi connectivity index (χ3v) is 3.87. The molecule has 5 N–H and O–H groups in total. The summed E-state index contributed by atoms with van der Waals surface area (Å²) in [6.07, 6.45) is 0. The summed E-state index contributed by atoms with van der Waals surface area (Å²) in [6.45, 7) is 3.86. The lowest BCUT2D eigenvalue weighted by molar-refractivity contribution is -0.137.